The Kier molecular flexibility index (Phi) is 5.68. The smallest absolute Gasteiger partial charge is 0.244 e. The van der Waals surface area contributed by atoms with Crippen molar-refractivity contribution in [2.24, 2.45) is 5.10 Å². The van der Waals surface area contributed by atoms with Crippen molar-refractivity contribution in [3.05, 3.63) is 81.5 Å². The van der Waals surface area contributed by atoms with Crippen LogP contribution in [0, 0.1) is 0 Å². The van der Waals surface area contributed by atoms with Gasteiger partial charge in [-0.15, -0.1) is 0 Å². The Bertz CT molecular complexity index is 904. The van der Waals surface area contributed by atoms with Gasteiger partial charge in [0.25, 0.3) is 0 Å². The van der Waals surface area contributed by atoms with E-state index in [-0.39, 0.29) is 12.3 Å². The minimum absolute atomic E-state index is 0.194. The average Bonchev–Trinajstić information content (AvgIpc) is 3.06. The largest absolute Gasteiger partial charge is 0.455 e. The summed E-state index contributed by atoms with van der Waals surface area (Å²) in [6.45, 7) is 0. The van der Waals surface area contributed by atoms with Gasteiger partial charge in [-0.05, 0) is 42.0 Å². The highest BCUT2D eigenvalue weighted by Crippen LogP contribution is 2.24. The molecule has 0 radical (unpaired) electrons. The third-order valence-electron chi connectivity index (χ3n) is 3.39. The number of nitrogens with one attached hydrogen (secondary N) is 1. The quantitative estimate of drug-likeness (QED) is 0.466. The molecule has 1 heterocycles. The van der Waals surface area contributed by atoms with Crippen LogP contribution in [0.25, 0.3) is 11.3 Å². The summed E-state index contributed by atoms with van der Waals surface area (Å²) in [6, 6.07) is 18.6. The number of hydrazone groups is 1. The maximum Gasteiger partial charge on any atom is 0.244 e. The number of carbonyl (C=O) groups excluding carboxylic acids is 1. The molecule has 0 saturated carbocycles. The van der Waals surface area contributed by atoms with Crippen molar-refractivity contribution < 1.29 is 9.21 Å². The number of nitrogens with zero attached hydrogens (tertiary/aromatic N) is 1. The van der Waals surface area contributed by atoms with Gasteiger partial charge in [-0.2, -0.15) is 5.10 Å². The molecule has 0 bridgehead atoms. The minimum Gasteiger partial charge on any atom is -0.455 e. The van der Waals surface area contributed by atoms with Crippen molar-refractivity contribution >= 4 is 39.7 Å². The molecule has 0 saturated heterocycles. The van der Waals surface area contributed by atoms with Crippen LogP contribution in [-0.2, 0) is 11.2 Å². The van der Waals surface area contributed by atoms with Gasteiger partial charge in [-0.25, -0.2) is 5.43 Å². The third kappa shape index (κ3) is 5.05. The summed E-state index contributed by atoms with van der Waals surface area (Å²) in [4.78, 5) is 11.9. The molecule has 0 unspecified atom stereocenters. The molecule has 6 heteroatoms. The van der Waals surface area contributed by atoms with E-state index in [1.807, 2.05) is 48.5 Å². The van der Waals surface area contributed by atoms with Gasteiger partial charge >= 0.3 is 0 Å². The summed E-state index contributed by atoms with van der Waals surface area (Å²) in [5.74, 6) is 1.03. The van der Waals surface area contributed by atoms with Crippen LogP contribution in [0.5, 0.6) is 0 Å². The second kappa shape index (κ2) is 8.14. The summed E-state index contributed by atoms with van der Waals surface area (Å²) in [5, 5.41) is 4.57. The van der Waals surface area contributed by atoms with Gasteiger partial charge in [0.15, 0.2) is 0 Å². The lowest BCUT2D eigenvalue weighted by atomic mass is 10.1. The number of benzene rings is 2. The first kappa shape index (κ1) is 17.5. The maximum atomic E-state index is 11.9. The Labute approximate surface area is 158 Å². The summed E-state index contributed by atoms with van der Waals surface area (Å²) in [6.07, 6.45) is 1.73. The highest BCUT2D eigenvalue weighted by atomic mass is 79.9. The Morgan fingerprint density at radius 1 is 1.16 bits per heavy atom. The molecule has 0 aliphatic carbocycles. The van der Waals surface area contributed by atoms with E-state index in [0.717, 1.165) is 15.6 Å². The van der Waals surface area contributed by atoms with Crippen molar-refractivity contribution in [3.8, 4) is 11.3 Å². The summed E-state index contributed by atoms with van der Waals surface area (Å²) in [7, 11) is 0. The van der Waals surface area contributed by atoms with Gasteiger partial charge in [0.2, 0.25) is 5.91 Å². The van der Waals surface area contributed by atoms with Crippen LogP contribution in [0.3, 0.4) is 0 Å². The van der Waals surface area contributed by atoms with Gasteiger partial charge < -0.3 is 4.42 Å². The third-order valence-corrected chi connectivity index (χ3v) is 4.16. The molecule has 126 valence electrons. The Hall–Kier alpha value is -2.37. The molecule has 1 N–H and O–H groups in total. The predicted molar refractivity (Wildman–Crippen MR) is 103 cm³/mol. The molecular formula is C19H14BrClN2O2. The van der Waals surface area contributed by atoms with E-state index in [1.165, 1.54) is 6.21 Å². The first-order valence-corrected chi connectivity index (χ1v) is 8.69. The minimum atomic E-state index is -0.194. The van der Waals surface area contributed by atoms with Gasteiger partial charge in [0.05, 0.1) is 12.6 Å². The van der Waals surface area contributed by atoms with Gasteiger partial charge in [-0.1, -0.05) is 51.8 Å². The van der Waals surface area contributed by atoms with E-state index in [4.69, 9.17) is 16.0 Å². The number of amides is 1. The predicted octanol–water partition coefficient (Wildman–Crippen LogP) is 5.06. The maximum absolute atomic E-state index is 11.9. The normalized spacial score (nSPS) is 11.0. The molecule has 0 aliphatic heterocycles. The first-order valence-electron chi connectivity index (χ1n) is 7.52. The van der Waals surface area contributed by atoms with Crippen LogP contribution in [-0.4, -0.2) is 12.1 Å². The molecule has 0 fully saturated rings. The molecule has 4 nitrogen and oxygen atoms in total. The van der Waals surface area contributed by atoms with E-state index < -0.39 is 0 Å². The van der Waals surface area contributed by atoms with Crippen LogP contribution < -0.4 is 5.43 Å². The summed E-state index contributed by atoms with van der Waals surface area (Å²) >= 11 is 9.34. The van der Waals surface area contributed by atoms with Crippen molar-refractivity contribution in [1.29, 1.82) is 0 Å². The topological polar surface area (TPSA) is 54.6 Å². The van der Waals surface area contributed by atoms with E-state index in [2.05, 4.69) is 26.5 Å². The standard InChI is InChI=1S/C19H14BrClN2O2/c20-15-6-4-13(5-7-15)10-19(24)23-22-12-17-8-9-18(25-17)14-2-1-3-16(21)11-14/h1-9,11-12H,10H2,(H,23,24)/b22-12+. The summed E-state index contributed by atoms with van der Waals surface area (Å²) < 4.78 is 6.65. The lowest BCUT2D eigenvalue weighted by Crippen LogP contribution is -2.19. The zero-order valence-electron chi connectivity index (χ0n) is 13.1. The molecule has 0 atom stereocenters. The van der Waals surface area contributed by atoms with Crippen molar-refractivity contribution in [2.45, 2.75) is 6.42 Å². The molecular weight excluding hydrogens is 404 g/mol. The molecule has 1 amide bonds. The van der Waals surface area contributed by atoms with E-state index in [0.29, 0.717) is 16.5 Å². The molecule has 0 spiro atoms. The monoisotopic (exact) mass is 416 g/mol. The van der Waals surface area contributed by atoms with Crippen LogP contribution in [0.1, 0.15) is 11.3 Å². The molecule has 3 aromatic rings. The number of halogens is 2. The lowest BCUT2D eigenvalue weighted by Gasteiger charge is -2.00. The second-order valence-electron chi connectivity index (χ2n) is 5.31. The highest BCUT2D eigenvalue weighted by Gasteiger charge is 2.05. The second-order valence-corrected chi connectivity index (χ2v) is 6.66. The van der Waals surface area contributed by atoms with Crippen LogP contribution in [0.4, 0.5) is 0 Å². The Morgan fingerprint density at radius 2 is 1.96 bits per heavy atom. The van der Waals surface area contributed by atoms with Gasteiger partial charge in [0, 0.05) is 15.1 Å². The fraction of sp³-hybridized carbons (Fsp3) is 0.0526. The SMILES string of the molecule is O=C(Cc1ccc(Br)cc1)N/N=C/c1ccc(-c2cccc(Cl)c2)o1. The molecule has 2 aromatic carbocycles. The van der Waals surface area contributed by atoms with Crippen LogP contribution >= 0.6 is 27.5 Å². The van der Waals surface area contributed by atoms with Gasteiger partial charge in [-0.3, -0.25) is 4.79 Å². The number of carbonyl (C=O) groups is 1. The van der Waals surface area contributed by atoms with E-state index >= 15 is 0 Å². The Morgan fingerprint density at radius 3 is 2.72 bits per heavy atom. The summed E-state index contributed by atoms with van der Waals surface area (Å²) in [5.41, 5.74) is 4.29. The fourth-order valence-corrected chi connectivity index (χ4v) is 2.67. The molecule has 25 heavy (non-hydrogen) atoms. The van der Waals surface area contributed by atoms with Gasteiger partial charge in [0.1, 0.15) is 11.5 Å². The van der Waals surface area contributed by atoms with E-state index in [1.54, 1.807) is 12.1 Å². The number of furan rings is 1. The number of hydrogen-bond donors (Lipinski definition) is 1. The van der Waals surface area contributed by atoms with Crippen LogP contribution in [0.2, 0.25) is 5.02 Å². The molecule has 3 rings (SSSR count). The van der Waals surface area contributed by atoms with Crippen molar-refractivity contribution in [3.63, 3.8) is 0 Å². The number of hydrogen-bond acceptors (Lipinski definition) is 3. The average molecular weight is 418 g/mol. The zero-order valence-corrected chi connectivity index (χ0v) is 15.4. The zero-order chi connectivity index (χ0) is 17.6. The molecule has 1 aromatic heterocycles. The first-order chi connectivity index (χ1) is 12.1. The highest BCUT2D eigenvalue weighted by molar-refractivity contribution is 9.10. The number of rotatable bonds is 5. The lowest BCUT2D eigenvalue weighted by molar-refractivity contribution is -0.120. The fourth-order valence-electron chi connectivity index (χ4n) is 2.21. The Balaban J connectivity index is 1.57. The van der Waals surface area contributed by atoms with E-state index in [9.17, 15) is 4.79 Å². The van der Waals surface area contributed by atoms with Crippen LogP contribution in [0.15, 0.2) is 74.7 Å². The van der Waals surface area contributed by atoms with Crippen molar-refractivity contribution in [2.75, 3.05) is 0 Å². The molecule has 0 aliphatic rings. The van der Waals surface area contributed by atoms with Crippen molar-refractivity contribution in [1.82, 2.24) is 5.43 Å².